The minimum absolute atomic E-state index is 0.0433. The van der Waals surface area contributed by atoms with Crippen LogP contribution in [0.15, 0.2) is 30.3 Å². The van der Waals surface area contributed by atoms with Gasteiger partial charge < -0.3 is 4.57 Å². The number of carbonyl (C=O) groups excluding carboxylic acids is 1. The first-order valence-corrected chi connectivity index (χ1v) is 10.4. The third-order valence-electron chi connectivity index (χ3n) is 5.04. The first-order valence-electron chi connectivity index (χ1n) is 8.57. The molecule has 1 aromatic heterocycles. The van der Waals surface area contributed by atoms with E-state index in [1.807, 2.05) is 29.4 Å². The molecule has 2 aromatic rings. The number of hydrogen-bond acceptors (Lipinski definition) is 4. The Hall–Kier alpha value is -1.99. The summed E-state index contributed by atoms with van der Waals surface area (Å²) in [6, 6.07) is 7.87. The minimum atomic E-state index is -2.98. The molecule has 1 aliphatic rings. The zero-order valence-corrected chi connectivity index (χ0v) is 16.0. The van der Waals surface area contributed by atoms with E-state index in [4.69, 9.17) is 0 Å². The van der Waals surface area contributed by atoms with Gasteiger partial charge in [0.15, 0.2) is 15.6 Å². The smallest absolute Gasteiger partial charge is 0.178 e. The molecule has 0 spiro atoms. The van der Waals surface area contributed by atoms with Gasteiger partial charge in [-0.3, -0.25) is 9.69 Å². The third kappa shape index (κ3) is 3.73. The Balaban J connectivity index is 1.80. The van der Waals surface area contributed by atoms with E-state index in [1.54, 1.807) is 19.2 Å². The van der Waals surface area contributed by atoms with E-state index in [2.05, 4.69) is 0 Å². The summed E-state index contributed by atoms with van der Waals surface area (Å²) in [7, 11) is -1.18. The van der Waals surface area contributed by atoms with Crippen LogP contribution in [0.5, 0.6) is 0 Å². The molecule has 0 amide bonds. The van der Waals surface area contributed by atoms with Crippen LogP contribution in [0.1, 0.15) is 28.2 Å². The highest BCUT2D eigenvalue weighted by Crippen LogP contribution is 2.23. The molecule has 1 saturated heterocycles. The Morgan fingerprint density at radius 1 is 1.27 bits per heavy atom. The van der Waals surface area contributed by atoms with E-state index in [9.17, 15) is 17.6 Å². The summed E-state index contributed by atoms with van der Waals surface area (Å²) in [6.07, 6.45) is 0.570. The van der Waals surface area contributed by atoms with Gasteiger partial charge in [-0.05, 0) is 57.6 Å². The van der Waals surface area contributed by atoms with Crippen LogP contribution in [-0.2, 0) is 9.84 Å². The van der Waals surface area contributed by atoms with Crippen LogP contribution >= 0.6 is 0 Å². The number of hydrogen-bond donors (Lipinski definition) is 0. The second-order valence-corrected chi connectivity index (χ2v) is 9.22. The van der Waals surface area contributed by atoms with Crippen LogP contribution in [0.2, 0.25) is 0 Å². The molecule has 0 bridgehead atoms. The Kier molecular flexibility index (Phi) is 5.03. The number of aryl methyl sites for hydroxylation is 1. The van der Waals surface area contributed by atoms with Crippen molar-refractivity contribution >= 4 is 15.6 Å². The highest BCUT2D eigenvalue weighted by molar-refractivity contribution is 7.91. The molecule has 1 fully saturated rings. The monoisotopic (exact) mass is 378 g/mol. The van der Waals surface area contributed by atoms with Crippen LogP contribution in [0.25, 0.3) is 5.69 Å². The number of ketones is 1. The molecular formula is C19H23FN2O3S. The lowest BCUT2D eigenvalue weighted by molar-refractivity contribution is 0.0926. The van der Waals surface area contributed by atoms with Gasteiger partial charge in [0.25, 0.3) is 0 Å². The van der Waals surface area contributed by atoms with Crippen molar-refractivity contribution in [2.24, 2.45) is 0 Å². The van der Waals surface area contributed by atoms with Gasteiger partial charge >= 0.3 is 0 Å². The Morgan fingerprint density at radius 3 is 2.50 bits per heavy atom. The molecule has 0 N–H and O–H groups in total. The molecule has 26 heavy (non-hydrogen) atoms. The van der Waals surface area contributed by atoms with Crippen LogP contribution in [0.4, 0.5) is 4.39 Å². The summed E-state index contributed by atoms with van der Waals surface area (Å²) in [5, 5.41) is 0. The van der Waals surface area contributed by atoms with E-state index in [1.165, 1.54) is 12.1 Å². The van der Waals surface area contributed by atoms with E-state index in [0.29, 0.717) is 12.0 Å². The number of benzene rings is 1. The normalized spacial score (nSPS) is 19.2. The van der Waals surface area contributed by atoms with Gasteiger partial charge in [0, 0.05) is 28.7 Å². The second kappa shape index (κ2) is 6.96. The standard InChI is InChI=1S/C19H23FN2O3S/c1-13-10-18(14(2)22(13)16-6-4-15(20)5-7-16)19(23)11-21(3)17-8-9-26(24,25)12-17/h4-7,10,17H,8-9,11-12H2,1-3H3. The summed E-state index contributed by atoms with van der Waals surface area (Å²) >= 11 is 0. The lowest BCUT2D eigenvalue weighted by atomic mass is 10.1. The number of aromatic nitrogens is 1. The van der Waals surface area contributed by atoms with Gasteiger partial charge in [-0.2, -0.15) is 0 Å². The molecule has 140 valence electrons. The van der Waals surface area contributed by atoms with Crippen LogP contribution in [0.3, 0.4) is 0 Å². The fourth-order valence-electron chi connectivity index (χ4n) is 3.60. The molecule has 1 aliphatic heterocycles. The molecule has 0 radical (unpaired) electrons. The Morgan fingerprint density at radius 2 is 1.92 bits per heavy atom. The largest absolute Gasteiger partial charge is 0.318 e. The first kappa shape index (κ1) is 18.8. The molecule has 0 aliphatic carbocycles. The number of halogens is 1. The van der Waals surface area contributed by atoms with E-state index in [0.717, 1.165) is 17.1 Å². The Labute approximate surface area is 153 Å². The highest BCUT2D eigenvalue weighted by Gasteiger charge is 2.31. The predicted molar refractivity (Wildman–Crippen MR) is 99.2 cm³/mol. The topological polar surface area (TPSA) is 59.4 Å². The molecule has 0 saturated carbocycles. The van der Waals surface area contributed by atoms with Crippen LogP contribution in [-0.4, -0.2) is 54.8 Å². The number of likely N-dealkylation sites (N-methyl/N-ethyl adjacent to an activating group) is 1. The van der Waals surface area contributed by atoms with Crippen molar-refractivity contribution in [3.05, 3.63) is 53.1 Å². The number of rotatable bonds is 5. The number of carbonyl (C=O) groups is 1. The molecule has 1 aromatic carbocycles. The van der Waals surface area contributed by atoms with Crippen LogP contribution in [0, 0.1) is 19.7 Å². The maximum Gasteiger partial charge on any atom is 0.178 e. The molecule has 1 unspecified atom stereocenters. The van der Waals surface area contributed by atoms with Gasteiger partial charge in [-0.15, -0.1) is 0 Å². The molecule has 3 rings (SSSR count). The molecule has 7 heteroatoms. The zero-order valence-electron chi connectivity index (χ0n) is 15.2. The molecule has 1 atom stereocenters. The summed E-state index contributed by atoms with van der Waals surface area (Å²) in [6.45, 7) is 3.94. The summed E-state index contributed by atoms with van der Waals surface area (Å²) in [5.41, 5.74) is 3.10. The van der Waals surface area contributed by atoms with Crippen molar-refractivity contribution in [3.63, 3.8) is 0 Å². The number of nitrogens with zero attached hydrogens (tertiary/aromatic N) is 2. The maximum absolute atomic E-state index is 13.2. The van der Waals surface area contributed by atoms with Gasteiger partial charge in [0.05, 0.1) is 18.1 Å². The van der Waals surface area contributed by atoms with Gasteiger partial charge in [-0.1, -0.05) is 0 Å². The van der Waals surface area contributed by atoms with Crippen molar-refractivity contribution < 1.29 is 17.6 Å². The van der Waals surface area contributed by atoms with Crippen molar-refractivity contribution in [2.45, 2.75) is 26.3 Å². The fraction of sp³-hybridized carbons (Fsp3) is 0.421. The van der Waals surface area contributed by atoms with Crippen molar-refractivity contribution in [3.8, 4) is 5.69 Å². The average Bonchev–Trinajstić information content (AvgIpc) is 3.08. The lowest BCUT2D eigenvalue weighted by Crippen LogP contribution is -2.36. The first-order chi connectivity index (χ1) is 12.2. The minimum Gasteiger partial charge on any atom is -0.318 e. The number of sulfone groups is 1. The van der Waals surface area contributed by atoms with Crippen LogP contribution < -0.4 is 0 Å². The van der Waals surface area contributed by atoms with Crippen molar-refractivity contribution in [2.75, 3.05) is 25.1 Å². The summed E-state index contributed by atoms with van der Waals surface area (Å²) < 4.78 is 38.4. The molecule has 2 heterocycles. The summed E-state index contributed by atoms with van der Waals surface area (Å²) in [4.78, 5) is 14.6. The highest BCUT2D eigenvalue weighted by atomic mass is 32.2. The quantitative estimate of drug-likeness (QED) is 0.750. The third-order valence-corrected chi connectivity index (χ3v) is 6.79. The molecule has 5 nitrogen and oxygen atoms in total. The SMILES string of the molecule is Cc1cc(C(=O)CN(C)C2CCS(=O)(=O)C2)c(C)n1-c1ccc(F)cc1. The van der Waals surface area contributed by atoms with E-state index in [-0.39, 0.29) is 35.7 Å². The van der Waals surface area contributed by atoms with Gasteiger partial charge in [0.1, 0.15) is 5.82 Å². The lowest BCUT2D eigenvalue weighted by Gasteiger charge is -2.22. The van der Waals surface area contributed by atoms with E-state index >= 15 is 0 Å². The zero-order chi connectivity index (χ0) is 19.1. The van der Waals surface area contributed by atoms with Gasteiger partial charge in [-0.25, -0.2) is 12.8 Å². The fourth-order valence-corrected chi connectivity index (χ4v) is 5.40. The molecular weight excluding hydrogens is 355 g/mol. The van der Waals surface area contributed by atoms with Crippen molar-refractivity contribution in [1.82, 2.24) is 9.47 Å². The number of Topliss-reactive ketones (excluding diaryl/α,β-unsaturated/α-hetero) is 1. The summed E-state index contributed by atoms with van der Waals surface area (Å²) in [5.74, 6) is -0.0420. The Bertz CT molecular complexity index is 932. The van der Waals surface area contributed by atoms with Gasteiger partial charge in [0.2, 0.25) is 0 Å². The van der Waals surface area contributed by atoms with Crippen molar-refractivity contribution in [1.29, 1.82) is 0 Å². The second-order valence-electron chi connectivity index (χ2n) is 6.99. The van der Waals surface area contributed by atoms with E-state index < -0.39 is 9.84 Å². The average molecular weight is 378 g/mol. The maximum atomic E-state index is 13.2. The predicted octanol–water partition coefficient (Wildman–Crippen LogP) is 2.53.